The molecule has 0 unspecified atom stereocenters. The first-order chi connectivity index (χ1) is 9.78. The minimum atomic E-state index is 0.478. The van der Waals surface area contributed by atoms with Gasteiger partial charge in [-0.25, -0.2) is 4.98 Å². The number of benzene rings is 1. The number of aryl methyl sites for hydroxylation is 1. The number of thiazole rings is 1. The average molecular weight is 301 g/mol. The summed E-state index contributed by atoms with van der Waals surface area (Å²) >= 11 is 7.71. The van der Waals surface area contributed by atoms with E-state index in [1.807, 2.05) is 12.1 Å². The molecule has 0 radical (unpaired) electrons. The zero-order chi connectivity index (χ0) is 13.9. The van der Waals surface area contributed by atoms with Crippen molar-refractivity contribution in [3.8, 4) is 21.8 Å². The Labute approximate surface area is 127 Å². The zero-order valence-electron chi connectivity index (χ0n) is 11.0. The van der Waals surface area contributed by atoms with Crippen LogP contribution >= 0.6 is 22.9 Å². The summed E-state index contributed by atoms with van der Waals surface area (Å²) in [4.78, 5) is 9.90. The maximum atomic E-state index is 6.07. The normalized spacial score (nSPS) is 10.7. The predicted molar refractivity (Wildman–Crippen MR) is 85.1 cm³/mol. The highest BCUT2D eigenvalue weighted by atomic mass is 35.5. The Morgan fingerprint density at radius 2 is 1.70 bits per heavy atom. The maximum Gasteiger partial charge on any atom is 0.124 e. The minimum Gasteiger partial charge on any atom is -0.265 e. The van der Waals surface area contributed by atoms with Crippen molar-refractivity contribution in [2.45, 2.75) is 12.8 Å². The van der Waals surface area contributed by atoms with Gasteiger partial charge in [0.15, 0.2) is 0 Å². The van der Waals surface area contributed by atoms with Gasteiger partial charge in [0, 0.05) is 28.4 Å². The average Bonchev–Trinajstić information content (AvgIpc) is 2.93. The van der Waals surface area contributed by atoms with Crippen molar-refractivity contribution in [3.05, 3.63) is 59.2 Å². The topological polar surface area (TPSA) is 25.8 Å². The van der Waals surface area contributed by atoms with Crippen molar-refractivity contribution in [2.75, 3.05) is 0 Å². The lowest BCUT2D eigenvalue weighted by atomic mass is 10.1. The monoisotopic (exact) mass is 300 g/mol. The van der Waals surface area contributed by atoms with Crippen LogP contribution in [0.2, 0.25) is 0 Å². The van der Waals surface area contributed by atoms with Gasteiger partial charge in [-0.15, -0.1) is 22.9 Å². The first-order valence-electron chi connectivity index (χ1n) is 6.31. The van der Waals surface area contributed by atoms with Crippen molar-refractivity contribution in [3.63, 3.8) is 0 Å². The molecule has 3 rings (SSSR count). The van der Waals surface area contributed by atoms with Gasteiger partial charge in [-0.2, -0.15) is 0 Å². The van der Waals surface area contributed by atoms with Crippen LogP contribution in [-0.2, 0) is 5.88 Å². The van der Waals surface area contributed by atoms with Crippen LogP contribution in [0.15, 0.2) is 48.8 Å². The number of halogens is 1. The Hall–Kier alpha value is -1.71. The molecule has 0 bridgehead atoms. The molecule has 0 amide bonds. The van der Waals surface area contributed by atoms with E-state index in [9.17, 15) is 0 Å². The van der Waals surface area contributed by atoms with Gasteiger partial charge >= 0.3 is 0 Å². The molecule has 100 valence electrons. The van der Waals surface area contributed by atoms with Crippen LogP contribution < -0.4 is 0 Å². The van der Waals surface area contributed by atoms with Crippen LogP contribution in [0, 0.1) is 6.92 Å². The number of hydrogen-bond acceptors (Lipinski definition) is 3. The summed E-state index contributed by atoms with van der Waals surface area (Å²) in [5.74, 6) is 0.478. The lowest BCUT2D eigenvalue weighted by Gasteiger charge is -2.00. The van der Waals surface area contributed by atoms with E-state index < -0.39 is 0 Å². The lowest BCUT2D eigenvalue weighted by Crippen LogP contribution is -1.83. The lowest BCUT2D eigenvalue weighted by molar-refractivity contribution is 1.31. The molecule has 0 saturated heterocycles. The smallest absolute Gasteiger partial charge is 0.124 e. The summed E-state index contributed by atoms with van der Waals surface area (Å²) in [6.07, 6.45) is 3.56. The third kappa shape index (κ3) is 2.60. The Kier molecular flexibility index (Phi) is 3.81. The van der Waals surface area contributed by atoms with Gasteiger partial charge in [-0.05, 0) is 19.1 Å². The van der Waals surface area contributed by atoms with Gasteiger partial charge in [0.25, 0.3) is 0 Å². The highest BCUT2D eigenvalue weighted by molar-refractivity contribution is 7.15. The summed E-state index contributed by atoms with van der Waals surface area (Å²) in [6.45, 7) is 2.08. The first kappa shape index (κ1) is 13.3. The van der Waals surface area contributed by atoms with E-state index in [0.717, 1.165) is 26.7 Å². The fraction of sp³-hybridized carbons (Fsp3) is 0.125. The predicted octanol–water partition coefficient (Wildman–Crippen LogP) is 4.92. The van der Waals surface area contributed by atoms with Gasteiger partial charge in [0.1, 0.15) is 5.01 Å². The number of rotatable bonds is 3. The Morgan fingerprint density at radius 1 is 1.00 bits per heavy atom. The van der Waals surface area contributed by atoms with E-state index in [0.29, 0.717) is 5.88 Å². The quantitative estimate of drug-likeness (QED) is 0.642. The zero-order valence-corrected chi connectivity index (χ0v) is 12.6. The summed E-state index contributed by atoms with van der Waals surface area (Å²) < 4.78 is 0. The number of alkyl halides is 1. The second kappa shape index (κ2) is 5.73. The van der Waals surface area contributed by atoms with Crippen molar-refractivity contribution in [2.24, 2.45) is 0 Å². The van der Waals surface area contributed by atoms with Gasteiger partial charge < -0.3 is 0 Å². The third-order valence-corrected chi connectivity index (χ3v) is 4.60. The Bertz CT molecular complexity index is 705. The van der Waals surface area contributed by atoms with Crippen LogP contribution in [0.4, 0.5) is 0 Å². The fourth-order valence-electron chi connectivity index (χ4n) is 2.00. The standard InChI is InChI=1S/C16H13ClN2S/c1-11-2-4-12(5-3-11)15-14(10-17)20-16(19-15)13-6-8-18-9-7-13/h2-9H,10H2,1H3. The SMILES string of the molecule is Cc1ccc(-c2nc(-c3ccncc3)sc2CCl)cc1. The molecule has 1 aromatic carbocycles. The number of hydrogen-bond donors (Lipinski definition) is 0. The molecule has 0 spiro atoms. The molecule has 0 N–H and O–H groups in total. The molecule has 0 atom stereocenters. The van der Waals surface area contributed by atoms with Crippen LogP contribution in [0.5, 0.6) is 0 Å². The molecular weight excluding hydrogens is 288 g/mol. The van der Waals surface area contributed by atoms with Crippen LogP contribution in [0.25, 0.3) is 21.8 Å². The largest absolute Gasteiger partial charge is 0.265 e. The molecule has 0 saturated carbocycles. The molecule has 0 aliphatic carbocycles. The van der Waals surface area contributed by atoms with Crippen molar-refractivity contribution >= 4 is 22.9 Å². The van der Waals surface area contributed by atoms with E-state index >= 15 is 0 Å². The Morgan fingerprint density at radius 3 is 2.35 bits per heavy atom. The summed E-state index contributed by atoms with van der Waals surface area (Å²) in [7, 11) is 0. The third-order valence-electron chi connectivity index (χ3n) is 3.07. The second-order valence-corrected chi connectivity index (χ2v) is 5.88. The molecule has 2 nitrogen and oxygen atoms in total. The second-order valence-electron chi connectivity index (χ2n) is 4.53. The molecule has 2 heterocycles. The number of pyridine rings is 1. The number of aromatic nitrogens is 2. The van der Waals surface area contributed by atoms with Crippen LogP contribution in [0.3, 0.4) is 0 Å². The van der Waals surface area contributed by atoms with E-state index in [-0.39, 0.29) is 0 Å². The van der Waals surface area contributed by atoms with E-state index in [1.165, 1.54) is 5.56 Å². The summed E-state index contributed by atoms with van der Waals surface area (Å²) in [5, 5.41) is 0.985. The fourth-order valence-corrected chi connectivity index (χ4v) is 3.23. The molecule has 2 aromatic heterocycles. The summed E-state index contributed by atoms with van der Waals surface area (Å²) in [6, 6.07) is 12.3. The molecule has 4 heteroatoms. The minimum absolute atomic E-state index is 0.478. The van der Waals surface area contributed by atoms with E-state index in [4.69, 9.17) is 16.6 Å². The van der Waals surface area contributed by atoms with E-state index in [1.54, 1.807) is 23.7 Å². The van der Waals surface area contributed by atoms with Crippen molar-refractivity contribution in [1.82, 2.24) is 9.97 Å². The maximum absolute atomic E-state index is 6.07. The van der Waals surface area contributed by atoms with Crippen LogP contribution in [-0.4, -0.2) is 9.97 Å². The first-order valence-corrected chi connectivity index (χ1v) is 7.66. The molecule has 3 aromatic rings. The number of nitrogens with zero attached hydrogens (tertiary/aromatic N) is 2. The van der Waals surface area contributed by atoms with Crippen molar-refractivity contribution in [1.29, 1.82) is 0 Å². The highest BCUT2D eigenvalue weighted by Crippen LogP contribution is 2.34. The van der Waals surface area contributed by atoms with Gasteiger partial charge in [0.2, 0.25) is 0 Å². The summed E-state index contributed by atoms with van der Waals surface area (Å²) in [5.41, 5.74) is 4.42. The molecule has 0 aliphatic heterocycles. The van der Waals surface area contributed by atoms with Crippen LogP contribution in [0.1, 0.15) is 10.4 Å². The molecular formula is C16H13ClN2S. The molecule has 0 aliphatic rings. The van der Waals surface area contributed by atoms with E-state index in [2.05, 4.69) is 36.2 Å². The highest BCUT2D eigenvalue weighted by Gasteiger charge is 2.13. The van der Waals surface area contributed by atoms with Crippen molar-refractivity contribution < 1.29 is 0 Å². The van der Waals surface area contributed by atoms with Gasteiger partial charge in [0.05, 0.1) is 11.6 Å². The molecule has 0 fully saturated rings. The Balaban J connectivity index is 2.07. The van der Waals surface area contributed by atoms with Gasteiger partial charge in [-0.1, -0.05) is 29.8 Å². The van der Waals surface area contributed by atoms with Gasteiger partial charge in [-0.3, -0.25) is 4.98 Å². The molecule has 20 heavy (non-hydrogen) atoms.